The van der Waals surface area contributed by atoms with E-state index in [1.165, 1.54) is 0 Å². The summed E-state index contributed by atoms with van der Waals surface area (Å²) in [6.07, 6.45) is 1.88. The van der Waals surface area contributed by atoms with E-state index in [2.05, 4.69) is 51.1 Å². The highest BCUT2D eigenvalue weighted by Crippen LogP contribution is 2.09. The molecule has 0 radical (unpaired) electrons. The van der Waals surface area contributed by atoms with E-state index in [9.17, 15) is 0 Å². The van der Waals surface area contributed by atoms with Crippen LogP contribution in [0.4, 0.5) is 0 Å². The first-order chi connectivity index (χ1) is 5.80. The van der Waals surface area contributed by atoms with Gasteiger partial charge >= 0.3 is 0 Å². The Kier molecular flexibility index (Phi) is 4.05. The van der Waals surface area contributed by atoms with Gasteiger partial charge in [0.1, 0.15) is 0 Å². The second-order valence-corrected chi connectivity index (χ2v) is 4.20. The summed E-state index contributed by atoms with van der Waals surface area (Å²) < 4.78 is 0. The van der Waals surface area contributed by atoms with Gasteiger partial charge in [0.25, 0.3) is 0 Å². The first kappa shape index (κ1) is 12.1. The average Bonchev–Trinajstić information content (AvgIpc) is 2.02. The summed E-state index contributed by atoms with van der Waals surface area (Å²) in [6, 6.07) is 0.459. The smallest absolute Gasteiger partial charge is 0.0945 e. The van der Waals surface area contributed by atoms with Crippen LogP contribution in [0, 0.1) is 0 Å². The van der Waals surface area contributed by atoms with Crippen molar-refractivity contribution >= 4 is 0 Å². The van der Waals surface area contributed by atoms with Crippen LogP contribution >= 0.6 is 0 Å². The zero-order valence-electron chi connectivity index (χ0n) is 9.52. The summed E-state index contributed by atoms with van der Waals surface area (Å²) in [7, 11) is 2.03. The van der Waals surface area contributed by atoms with E-state index in [1.807, 2.05) is 13.1 Å². The van der Waals surface area contributed by atoms with E-state index < -0.39 is 0 Å². The van der Waals surface area contributed by atoms with Gasteiger partial charge in [-0.15, -0.1) is 6.58 Å². The van der Waals surface area contributed by atoms with E-state index in [-0.39, 0.29) is 5.54 Å². The maximum absolute atomic E-state index is 3.98. The van der Waals surface area contributed by atoms with Gasteiger partial charge in [-0.1, -0.05) is 12.7 Å². The minimum absolute atomic E-state index is 0.0970. The molecule has 0 aromatic heterocycles. The third-order valence-corrected chi connectivity index (χ3v) is 2.18. The predicted molar refractivity (Wildman–Crippen MR) is 59.5 cm³/mol. The van der Waals surface area contributed by atoms with Crippen LogP contribution in [0.25, 0.3) is 0 Å². The zero-order valence-corrected chi connectivity index (χ0v) is 9.52. The Morgan fingerprint density at radius 1 is 1.46 bits per heavy atom. The quantitative estimate of drug-likeness (QED) is 0.657. The highest BCUT2D eigenvalue weighted by atomic mass is 15.2. The highest BCUT2D eigenvalue weighted by Gasteiger charge is 2.15. The second-order valence-electron chi connectivity index (χ2n) is 4.20. The molecule has 13 heavy (non-hydrogen) atoms. The lowest BCUT2D eigenvalue weighted by molar-refractivity contribution is 0.300. The van der Waals surface area contributed by atoms with Gasteiger partial charge in [-0.3, -0.25) is 0 Å². The standard InChI is InChI=1S/C11H22N2/c1-8-11(5,6)12-10(4)13(7)9(2)3/h8-9,12H,1,4H2,2-3,5-7H3. The Labute approximate surface area is 82.3 Å². The van der Waals surface area contributed by atoms with Gasteiger partial charge in [-0.05, 0) is 27.7 Å². The highest BCUT2D eigenvalue weighted by molar-refractivity contribution is 5.04. The Morgan fingerprint density at radius 2 is 1.92 bits per heavy atom. The zero-order chi connectivity index (χ0) is 10.6. The van der Waals surface area contributed by atoms with Crippen LogP contribution in [-0.2, 0) is 0 Å². The van der Waals surface area contributed by atoms with E-state index in [0.29, 0.717) is 6.04 Å². The molecule has 0 heterocycles. The molecule has 0 aliphatic heterocycles. The molecule has 0 aliphatic rings. The lowest BCUT2D eigenvalue weighted by Gasteiger charge is -2.32. The van der Waals surface area contributed by atoms with Crippen molar-refractivity contribution in [2.75, 3.05) is 7.05 Å². The number of hydrogen-bond donors (Lipinski definition) is 1. The van der Waals surface area contributed by atoms with Gasteiger partial charge in [0.15, 0.2) is 0 Å². The van der Waals surface area contributed by atoms with Gasteiger partial charge in [0.05, 0.1) is 11.4 Å². The molecule has 0 saturated carbocycles. The van der Waals surface area contributed by atoms with Crippen molar-refractivity contribution in [1.82, 2.24) is 10.2 Å². The number of nitrogens with zero attached hydrogens (tertiary/aromatic N) is 1. The molecule has 0 aliphatic carbocycles. The molecule has 0 aromatic carbocycles. The Hall–Kier alpha value is -0.920. The van der Waals surface area contributed by atoms with Crippen LogP contribution in [0.1, 0.15) is 27.7 Å². The summed E-state index contributed by atoms with van der Waals surface area (Å²) in [5.74, 6) is 0.930. The summed E-state index contributed by atoms with van der Waals surface area (Å²) in [4.78, 5) is 2.10. The topological polar surface area (TPSA) is 15.3 Å². The Bertz CT molecular complexity index is 192. The third kappa shape index (κ3) is 4.02. The van der Waals surface area contributed by atoms with E-state index in [1.54, 1.807) is 0 Å². The van der Waals surface area contributed by atoms with Crippen molar-refractivity contribution in [3.8, 4) is 0 Å². The summed E-state index contributed by atoms with van der Waals surface area (Å²) in [5, 5.41) is 3.30. The third-order valence-electron chi connectivity index (χ3n) is 2.18. The Morgan fingerprint density at radius 3 is 2.23 bits per heavy atom. The van der Waals surface area contributed by atoms with Gasteiger partial charge in [-0.25, -0.2) is 0 Å². The molecule has 0 spiro atoms. The largest absolute Gasteiger partial charge is 0.364 e. The molecule has 0 amide bonds. The summed E-state index contributed by atoms with van der Waals surface area (Å²) in [5.41, 5.74) is -0.0970. The van der Waals surface area contributed by atoms with E-state index >= 15 is 0 Å². The van der Waals surface area contributed by atoms with Crippen LogP contribution in [0.5, 0.6) is 0 Å². The fourth-order valence-electron chi connectivity index (χ4n) is 0.823. The molecule has 0 aromatic rings. The number of hydrogen-bond acceptors (Lipinski definition) is 2. The number of rotatable bonds is 5. The first-order valence-electron chi connectivity index (χ1n) is 4.63. The van der Waals surface area contributed by atoms with Crippen LogP contribution in [0.2, 0.25) is 0 Å². The molecule has 0 bridgehead atoms. The van der Waals surface area contributed by atoms with Crippen LogP contribution in [0.15, 0.2) is 25.1 Å². The van der Waals surface area contributed by atoms with Gasteiger partial charge in [-0.2, -0.15) is 0 Å². The van der Waals surface area contributed by atoms with Crippen molar-refractivity contribution in [1.29, 1.82) is 0 Å². The molecule has 0 saturated heterocycles. The maximum atomic E-state index is 3.98. The van der Waals surface area contributed by atoms with Crippen LogP contribution < -0.4 is 5.32 Å². The molecule has 0 unspecified atom stereocenters. The minimum atomic E-state index is -0.0970. The molecule has 76 valence electrons. The van der Waals surface area contributed by atoms with E-state index in [4.69, 9.17) is 0 Å². The fourth-order valence-corrected chi connectivity index (χ4v) is 0.823. The molecular weight excluding hydrogens is 160 g/mol. The van der Waals surface area contributed by atoms with E-state index in [0.717, 1.165) is 5.82 Å². The van der Waals surface area contributed by atoms with Crippen molar-refractivity contribution in [3.05, 3.63) is 25.1 Å². The molecule has 2 heteroatoms. The van der Waals surface area contributed by atoms with Crippen molar-refractivity contribution in [2.45, 2.75) is 39.3 Å². The average molecular weight is 182 g/mol. The normalized spacial score (nSPS) is 11.2. The van der Waals surface area contributed by atoms with Gasteiger partial charge in [0, 0.05) is 13.1 Å². The molecule has 0 atom stereocenters. The lowest BCUT2D eigenvalue weighted by Crippen LogP contribution is -2.42. The van der Waals surface area contributed by atoms with Crippen molar-refractivity contribution in [2.24, 2.45) is 0 Å². The molecular formula is C11H22N2. The van der Waals surface area contributed by atoms with Crippen molar-refractivity contribution < 1.29 is 0 Å². The lowest BCUT2D eigenvalue weighted by atomic mass is 10.1. The monoisotopic (exact) mass is 182 g/mol. The molecule has 1 N–H and O–H groups in total. The minimum Gasteiger partial charge on any atom is -0.364 e. The maximum Gasteiger partial charge on any atom is 0.0945 e. The van der Waals surface area contributed by atoms with Crippen LogP contribution in [-0.4, -0.2) is 23.5 Å². The van der Waals surface area contributed by atoms with Gasteiger partial charge in [0.2, 0.25) is 0 Å². The first-order valence-corrected chi connectivity index (χ1v) is 4.63. The number of nitrogens with one attached hydrogen (secondary N) is 1. The summed E-state index contributed by atoms with van der Waals surface area (Å²) in [6.45, 7) is 16.1. The predicted octanol–water partition coefficient (Wildman–Crippen LogP) is 2.35. The molecule has 0 rings (SSSR count). The fraction of sp³-hybridized carbons (Fsp3) is 0.636. The van der Waals surface area contributed by atoms with Crippen LogP contribution in [0.3, 0.4) is 0 Å². The van der Waals surface area contributed by atoms with Crippen molar-refractivity contribution in [3.63, 3.8) is 0 Å². The Balaban J connectivity index is 4.23. The molecule has 0 fully saturated rings. The SMILES string of the molecule is C=CC(C)(C)NC(=C)N(C)C(C)C. The molecule has 2 nitrogen and oxygen atoms in total. The second kappa shape index (κ2) is 4.35. The summed E-state index contributed by atoms with van der Waals surface area (Å²) >= 11 is 0. The van der Waals surface area contributed by atoms with Gasteiger partial charge < -0.3 is 10.2 Å².